The van der Waals surface area contributed by atoms with Crippen molar-refractivity contribution in [1.82, 2.24) is 15.1 Å². The number of carbonyl (C=O) groups excluding carboxylic acids is 1. The monoisotopic (exact) mass is 341 g/mol. The molecule has 0 spiro atoms. The number of hydrogen-bond donors (Lipinski definition) is 1. The van der Waals surface area contributed by atoms with Gasteiger partial charge in [0.15, 0.2) is 0 Å². The first-order valence-corrected chi connectivity index (χ1v) is 8.30. The molecule has 2 unspecified atom stereocenters. The van der Waals surface area contributed by atoms with Crippen LogP contribution in [0.3, 0.4) is 0 Å². The van der Waals surface area contributed by atoms with Crippen LogP contribution in [0.4, 0.5) is 0 Å². The van der Waals surface area contributed by atoms with E-state index >= 15 is 0 Å². The molecule has 1 N–H and O–H groups in total. The molecule has 3 fully saturated rings. The van der Waals surface area contributed by atoms with Gasteiger partial charge in [0.2, 0.25) is 5.91 Å². The summed E-state index contributed by atoms with van der Waals surface area (Å²) < 4.78 is 0. The second kappa shape index (κ2) is 8.69. The lowest BCUT2D eigenvalue weighted by atomic mass is 10.1. The van der Waals surface area contributed by atoms with Gasteiger partial charge in [-0.2, -0.15) is 0 Å². The molecule has 20 heavy (non-hydrogen) atoms. The molecule has 0 radical (unpaired) electrons. The van der Waals surface area contributed by atoms with Gasteiger partial charge in [0.25, 0.3) is 0 Å². The molecule has 0 aromatic heterocycles. The Kier molecular flexibility index (Phi) is 7.98. The molecule has 3 heterocycles. The van der Waals surface area contributed by atoms with E-state index in [1.165, 1.54) is 38.9 Å². The quantitative estimate of drug-likeness (QED) is 0.842. The second-order valence-corrected chi connectivity index (χ2v) is 6.75. The highest BCUT2D eigenvalue weighted by atomic mass is 35.5. The minimum atomic E-state index is 0. The lowest BCUT2D eigenvalue weighted by molar-refractivity contribution is -0.131. The highest BCUT2D eigenvalue weighted by molar-refractivity contribution is 7.99. The fourth-order valence-electron chi connectivity index (χ4n) is 3.29. The first-order valence-electron chi connectivity index (χ1n) is 7.15. The summed E-state index contributed by atoms with van der Waals surface area (Å²) in [5.41, 5.74) is 0. The van der Waals surface area contributed by atoms with Crippen LogP contribution in [0.2, 0.25) is 0 Å². The largest absolute Gasteiger partial charge is 0.341 e. The lowest BCUT2D eigenvalue weighted by Crippen LogP contribution is -2.44. The third-order valence-corrected chi connectivity index (χ3v) is 5.27. The summed E-state index contributed by atoms with van der Waals surface area (Å²) in [5.74, 6) is 2.93. The van der Waals surface area contributed by atoms with Gasteiger partial charge in [0.05, 0.1) is 6.04 Å². The summed E-state index contributed by atoms with van der Waals surface area (Å²) in [6.45, 7) is 5.70. The maximum Gasteiger partial charge on any atom is 0.240 e. The molecule has 1 amide bonds. The standard InChI is InChI=1S/C13H23N3OS.2ClH/c17-13(12-9-18-10-14-12)16-6-3-11(8-16)7-15-4-1-2-5-15;;/h11-12,14H,1-10H2;2*1H. The number of hydrogen-bond acceptors (Lipinski definition) is 4. The Morgan fingerprint density at radius 3 is 2.60 bits per heavy atom. The van der Waals surface area contributed by atoms with Crippen LogP contribution >= 0.6 is 36.6 Å². The van der Waals surface area contributed by atoms with Gasteiger partial charge in [-0.1, -0.05) is 0 Å². The van der Waals surface area contributed by atoms with Crippen LogP contribution in [-0.4, -0.2) is 66.1 Å². The summed E-state index contributed by atoms with van der Waals surface area (Å²) >= 11 is 1.83. The highest BCUT2D eigenvalue weighted by Crippen LogP contribution is 2.22. The van der Waals surface area contributed by atoms with E-state index in [0.717, 1.165) is 24.7 Å². The number of amides is 1. The summed E-state index contributed by atoms with van der Waals surface area (Å²) in [6, 6.07) is 0.0838. The van der Waals surface area contributed by atoms with E-state index in [4.69, 9.17) is 0 Å². The predicted octanol–water partition coefficient (Wildman–Crippen LogP) is 1.44. The number of likely N-dealkylation sites (tertiary alicyclic amines) is 2. The third-order valence-electron chi connectivity index (χ3n) is 4.33. The first-order chi connectivity index (χ1) is 8.83. The second-order valence-electron chi connectivity index (χ2n) is 5.72. The van der Waals surface area contributed by atoms with Crippen molar-refractivity contribution in [3.05, 3.63) is 0 Å². The van der Waals surface area contributed by atoms with E-state index in [1.807, 2.05) is 11.8 Å². The molecule has 3 saturated heterocycles. The van der Waals surface area contributed by atoms with Crippen molar-refractivity contribution in [2.45, 2.75) is 25.3 Å². The molecule has 0 bridgehead atoms. The Morgan fingerprint density at radius 1 is 1.20 bits per heavy atom. The zero-order valence-electron chi connectivity index (χ0n) is 11.8. The summed E-state index contributed by atoms with van der Waals surface area (Å²) in [5, 5.41) is 3.28. The van der Waals surface area contributed by atoms with Crippen LogP contribution in [0.15, 0.2) is 0 Å². The number of thioether (sulfide) groups is 1. The van der Waals surface area contributed by atoms with Crippen LogP contribution in [-0.2, 0) is 4.79 Å². The van der Waals surface area contributed by atoms with Crippen molar-refractivity contribution in [1.29, 1.82) is 0 Å². The van der Waals surface area contributed by atoms with E-state index in [-0.39, 0.29) is 30.9 Å². The van der Waals surface area contributed by atoms with Crippen molar-refractivity contribution in [3.8, 4) is 0 Å². The normalized spacial score (nSPS) is 30.1. The molecular formula is C13H25Cl2N3OS. The molecule has 3 aliphatic heterocycles. The zero-order valence-corrected chi connectivity index (χ0v) is 14.2. The number of carbonyl (C=O) groups is 1. The number of halogens is 2. The number of nitrogens with zero attached hydrogens (tertiary/aromatic N) is 2. The van der Waals surface area contributed by atoms with Gasteiger partial charge in [0, 0.05) is 31.3 Å². The fraction of sp³-hybridized carbons (Fsp3) is 0.923. The molecule has 0 aromatic rings. The van der Waals surface area contributed by atoms with E-state index in [1.54, 1.807) is 0 Å². The van der Waals surface area contributed by atoms with E-state index < -0.39 is 0 Å². The average molecular weight is 342 g/mol. The van der Waals surface area contributed by atoms with Gasteiger partial charge in [0.1, 0.15) is 0 Å². The molecule has 0 aliphatic carbocycles. The van der Waals surface area contributed by atoms with Gasteiger partial charge in [-0.05, 0) is 38.3 Å². The zero-order chi connectivity index (χ0) is 12.4. The maximum atomic E-state index is 12.3. The van der Waals surface area contributed by atoms with E-state index in [9.17, 15) is 4.79 Å². The topological polar surface area (TPSA) is 35.6 Å². The third kappa shape index (κ3) is 4.41. The minimum absolute atomic E-state index is 0. The van der Waals surface area contributed by atoms with Crippen molar-refractivity contribution < 1.29 is 4.79 Å². The van der Waals surface area contributed by atoms with Crippen LogP contribution in [0.5, 0.6) is 0 Å². The maximum absolute atomic E-state index is 12.3. The fourth-order valence-corrected chi connectivity index (χ4v) is 4.22. The molecule has 7 heteroatoms. The minimum Gasteiger partial charge on any atom is -0.341 e. The van der Waals surface area contributed by atoms with Crippen LogP contribution in [0.25, 0.3) is 0 Å². The van der Waals surface area contributed by atoms with Gasteiger partial charge in [-0.25, -0.2) is 0 Å². The molecule has 2 atom stereocenters. The summed E-state index contributed by atoms with van der Waals surface area (Å²) in [6.07, 6.45) is 3.92. The van der Waals surface area contributed by atoms with Crippen LogP contribution < -0.4 is 5.32 Å². The predicted molar refractivity (Wildman–Crippen MR) is 89.1 cm³/mol. The van der Waals surface area contributed by atoms with Crippen molar-refractivity contribution in [3.63, 3.8) is 0 Å². The lowest BCUT2D eigenvalue weighted by Gasteiger charge is -2.22. The SMILES string of the molecule is Cl.Cl.O=C(C1CSCN1)N1CCC(CN2CCCC2)C1. The Balaban J connectivity index is 0.000001000. The van der Waals surface area contributed by atoms with Crippen molar-refractivity contribution in [2.24, 2.45) is 5.92 Å². The van der Waals surface area contributed by atoms with Gasteiger partial charge < -0.3 is 9.80 Å². The van der Waals surface area contributed by atoms with E-state index in [2.05, 4.69) is 15.1 Å². The smallest absolute Gasteiger partial charge is 0.240 e. The van der Waals surface area contributed by atoms with Gasteiger partial charge in [-0.15, -0.1) is 36.6 Å². The number of nitrogens with one attached hydrogen (secondary N) is 1. The molecular weight excluding hydrogens is 317 g/mol. The van der Waals surface area contributed by atoms with E-state index in [0.29, 0.717) is 11.8 Å². The first kappa shape index (κ1) is 18.4. The molecule has 3 rings (SSSR count). The Hall–Kier alpha value is 0.320. The molecule has 0 aromatic carbocycles. The van der Waals surface area contributed by atoms with Crippen molar-refractivity contribution >= 4 is 42.5 Å². The molecule has 118 valence electrons. The van der Waals surface area contributed by atoms with Crippen LogP contribution in [0, 0.1) is 5.92 Å². The van der Waals surface area contributed by atoms with Gasteiger partial charge in [-0.3, -0.25) is 10.1 Å². The highest BCUT2D eigenvalue weighted by Gasteiger charge is 2.33. The van der Waals surface area contributed by atoms with Crippen LogP contribution in [0.1, 0.15) is 19.3 Å². The molecule has 4 nitrogen and oxygen atoms in total. The molecule has 3 aliphatic rings. The number of rotatable bonds is 3. The Morgan fingerprint density at radius 2 is 1.95 bits per heavy atom. The average Bonchev–Trinajstić information content (AvgIpc) is 3.11. The Bertz CT molecular complexity index is 310. The van der Waals surface area contributed by atoms with Crippen molar-refractivity contribution in [2.75, 3.05) is 44.4 Å². The Labute approximate surface area is 138 Å². The molecule has 0 saturated carbocycles. The summed E-state index contributed by atoms with van der Waals surface area (Å²) in [7, 11) is 0. The summed E-state index contributed by atoms with van der Waals surface area (Å²) in [4.78, 5) is 16.9. The van der Waals surface area contributed by atoms with Gasteiger partial charge >= 0.3 is 0 Å².